The second-order valence-corrected chi connectivity index (χ2v) is 13.0. The number of amides is 1. The largest absolute Gasteiger partial charge is 0.481 e. The molecule has 1 atom stereocenters. The number of thioether (sulfide) groups is 1. The third kappa shape index (κ3) is 9.02. The summed E-state index contributed by atoms with van der Waals surface area (Å²) in [7, 11) is 0. The second-order valence-electron chi connectivity index (χ2n) is 10.7. The zero-order valence-corrected chi connectivity index (χ0v) is 24.8. The van der Waals surface area contributed by atoms with E-state index in [4.69, 9.17) is 9.84 Å². The van der Waals surface area contributed by atoms with Gasteiger partial charge in [-0.3, -0.25) is 9.59 Å². The van der Waals surface area contributed by atoms with Gasteiger partial charge in [-0.2, -0.15) is 13.2 Å². The van der Waals surface area contributed by atoms with Crippen molar-refractivity contribution in [1.82, 2.24) is 5.32 Å². The minimum absolute atomic E-state index is 0.0471. The van der Waals surface area contributed by atoms with Crippen molar-refractivity contribution in [3.8, 4) is 16.9 Å². The highest BCUT2D eigenvalue weighted by Crippen LogP contribution is 2.40. The minimum atomic E-state index is -4.39. The maximum atomic E-state index is 13.0. The summed E-state index contributed by atoms with van der Waals surface area (Å²) in [5, 5.41) is 11.4. The topological polar surface area (TPSA) is 75.6 Å². The molecule has 0 bridgehead atoms. The number of carboxylic acid groups (broad SMARTS) is 1. The first-order chi connectivity index (χ1) is 18.6. The highest BCUT2D eigenvalue weighted by Gasteiger charge is 2.30. The van der Waals surface area contributed by atoms with E-state index in [0.29, 0.717) is 16.2 Å². The number of carbonyl (C=O) groups is 2. The number of halogens is 3. The van der Waals surface area contributed by atoms with E-state index in [0.717, 1.165) is 45.9 Å². The summed E-state index contributed by atoms with van der Waals surface area (Å²) in [6.07, 6.45) is -3.59. The molecule has 5 nitrogen and oxygen atoms in total. The van der Waals surface area contributed by atoms with Crippen LogP contribution < -0.4 is 10.1 Å². The van der Waals surface area contributed by atoms with Crippen LogP contribution in [0.4, 0.5) is 13.2 Å². The van der Waals surface area contributed by atoms with Crippen molar-refractivity contribution in [2.24, 2.45) is 5.41 Å². The van der Waals surface area contributed by atoms with Gasteiger partial charge in [0, 0.05) is 6.54 Å². The Balaban J connectivity index is 1.83. The first-order valence-corrected chi connectivity index (χ1v) is 14.7. The quantitative estimate of drug-likeness (QED) is 0.218. The molecular weight excluding hydrogens is 559 g/mol. The average Bonchev–Trinajstić information content (AvgIpc) is 3.32. The third-order valence-electron chi connectivity index (χ3n) is 6.08. The van der Waals surface area contributed by atoms with E-state index in [-0.39, 0.29) is 29.7 Å². The number of hydrogen-bond acceptors (Lipinski definition) is 5. The van der Waals surface area contributed by atoms with Gasteiger partial charge in [0.15, 0.2) is 5.44 Å². The minimum Gasteiger partial charge on any atom is -0.481 e. The number of rotatable bonds is 11. The predicted octanol–water partition coefficient (Wildman–Crippen LogP) is 8.50. The fraction of sp³-hybridized carbons (Fsp3) is 0.400. The molecule has 3 rings (SSSR count). The van der Waals surface area contributed by atoms with Crippen LogP contribution in [0.2, 0.25) is 0 Å². The molecule has 0 fully saturated rings. The standard InChI is InChI=1S/C30H34F3NO4S2/c1-18-16-22(17-19(2)26(18)20-6-8-21(9-7-20)30(31,32)33)38-28(39-15-13-29(3,4)5)24-11-10-23(40-24)27(37)34-14-12-25(35)36/h6-11,16-17,28H,12-15H2,1-5H3,(H,34,37)(H,35,36). The molecule has 3 aromatic rings. The Kier molecular flexibility index (Phi) is 10.3. The number of benzene rings is 2. The summed E-state index contributed by atoms with van der Waals surface area (Å²) >= 11 is 2.93. The van der Waals surface area contributed by atoms with Gasteiger partial charge in [-0.25, -0.2) is 0 Å². The molecule has 0 aliphatic rings. The van der Waals surface area contributed by atoms with E-state index in [2.05, 4.69) is 26.1 Å². The van der Waals surface area contributed by atoms with Crippen LogP contribution in [-0.2, 0) is 11.0 Å². The Bertz CT molecular complexity index is 1300. The van der Waals surface area contributed by atoms with E-state index in [1.807, 2.05) is 32.0 Å². The van der Waals surface area contributed by atoms with Crippen LogP contribution >= 0.6 is 23.1 Å². The molecule has 40 heavy (non-hydrogen) atoms. The summed E-state index contributed by atoms with van der Waals surface area (Å²) in [5.74, 6) is 0.141. The summed E-state index contributed by atoms with van der Waals surface area (Å²) in [6, 6.07) is 12.5. The molecular formula is C30H34F3NO4S2. The first-order valence-electron chi connectivity index (χ1n) is 12.8. The number of ether oxygens (including phenoxy) is 1. The molecule has 0 saturated carbocycles. The van der Waals surface area contributed by atoms with Crippen LogP contribution in [-0.4, -0.2) is 29.3 Å². The van der Waals surface area contributed by atoms with E-state index in [9.17, 15) is 22.8 Å². The van der Waals surface area contributed by atoms with E-state index in [1.54, 1.807) is 17.8 Å². The van der Waals surface area contributed by atoms with Crippen molar-refractivity contribution in [2.45, 2.75) is 59.1 Å². The lowest BCUT2D eigenvalue weighted by Crippen LogP contribution is -2.25. The number of hydrogen-bond donors (Lipinski definition) is 2. The lowest BCUT2D eigenvalue weighted by molar-refractivity contribution is -0.138. The molecule has 1 heterocycles. The van der Waals surface area contributed by atoms with Gasteiger partial charge >= 0.3 is 12.1 Å². The molecule has 2 N–H and O–H groups in total. The molecule has 216 valence electrons. The molecule has 0 radical (unpaired) electrons. The van der Waals surface area contributed by atoms with Crippen LogP contribution in [0.25, 0.3) is 11.1 Å². The van der Waals surface area contributed by atoms with Crippen LogP contribution in [0.3, 0.4) is 0 Å². The second kappa shape index (κ2) is 13.1. The van der Waals surface area contributed by atoms with E-state index in [1.165, 1.54) is 23.5 Å². The maximum absolute atomic E-state index is 13.0. The summed E-state index contributed by atoms with van der Waals surface area (Å²) in [6.45, 7) is 10.4. The van der Waals surface area contributed by atoms with E-state index < -0.39 is 17.7 Å². The van der Waals surface area contributed by atoms with Crippen molar-refractivity contribution in [3.63, 3.8) is 0 Å². The molecule has 1 unspecified atom stereocenters. The Morgan fingerprint density at radius 1 is 1.02 bits per heavy atom. The van der Waals surface area contributed by atoms with Gasteiger partial charge in [0.25, 0.3) is 5.91 Å². The summed E-state index contributed by atoms with van der Waals surface area (Å²) in [4.78, 5) is 24.6. The number of carboxylic acids is 1. The number of aryl methyl sites for hydroxylation is 2. The highest BCUT2D eigenvalue weighted by molar-refractivity contribution is 7.99. The van der Waals surface area contributed by atoms with Crippen molar-refractivity contribution < 1.29 is 32.6 Å². The van der Waals surface area contributed by atoms with Crippen LogP contribution in [0, 0.1) is 19.3 Å². The van der Waals surface area contributed by atoms with Crippen molar-refractivity contribution in [1.29, 1.82) is 0 Å². The third-order valence-corrected chi connectivity index (χ3v) is 8.45. The van der Waals surface area contributed by atoms with E-state index >= 15 is 0 Å². The monoisotopic (exact) mass is 593 g/mol. The van der Waals surface area contributed by atoms with Gasteiger partial charge in [0.05, 0.1) is 21.7 Å². The molecule has 0 spiro atoms. The molecule has 0 aliphatic heterocycles. The normalized spacial score (nSPS) is 12.7. The highest BCUT2D eigenvalue weighted by atomic mass is 32.2. The lowest BCUT2D eigenvalue weighted by atomic mass is 9.94. The number of aliphatic carboxylic acids is 1. The fourth-order valence-corrected chi connectivity index (χ4v) is 6.56. The number of nitrogens with one attached hydrogen (secondary N) is 1. The first kappa shape index (κ1) is 31.5. The van der Waals surface area contributed by atoms with Gasteiger partial charge < -0.3 is 15.2 Å². The molecule has 1 amide bonds. The fourth-order valence-electron chi connectivity index (χ4n) is 4.01. The Morgan fingerprint density at radius 3 is 2.20 bits per heavy atom. The zero-order valence-electron chi connectivity index (χ0n) is 23.1. The predicted molar refractivity (Wildman–Crippen MR) is 155 cm³/mol. The molecule has 1 aromatic heterocycles. The van der Waals surface area contributed by atoms with Crippen LogP contribution in [0.5, 0.6) is 5.75 Å². The lowest BCUT2D eigenvalue weighted by Gasteiger charge is -2.22. The molecule has 2 aromatic carbocycles. The van der Waals surface area contributed by atoms with Gasteiger partial charge in [-0.05, 0) is 90.1 Å². The maximum Gasteiger partial charge on any atom is 0.416 e. The SMILES string of the molecule is Cc1cc(OC(SCCC(C)(C)C)c2ccc(C(=O)NCCC(=O)O)s2)cc(C)c1-c1ccc(C(F)(F)F)cc1. The number of alkyl halides is 3. The van der Waals surface area contributed by atoms with Crippen LogP contribution in [0.15, 0.2) is 48.5 Å². The van der Waals surface area contributed by atoms with Crippen molar-refractivity contribution in [2.75, 3.05) is 12.3 Å². The smallest absolute Gasteiger partial charge is 0.416 e. The summed E-state index contributed by atoms with van der Waals surface area (Å²) < 4.78 is 45.5. The van der Waals surface area contributed by atoms with Crippen molar-refractivity contribution >= 4 is 35.0 Å². The van der Waals surface area contributed by atoms with Gasteiger partial charge in [0.1, 0.15) is 5.75 Å². The number of thiophene rings is 1. The number of carbonyl (C=O) groups excluding carboxylic acids is 1. The van der Waals surface area contributed by atoms with Crippen LogP contribution in [0.1, 0.15) is 70.3 Å². The summed E-state index contributed by atoms with van der Waals surface area (Å²) in [5.41, 5.74) is 2.36. The Hall–Kier alpha value is -2.98. The molecule has 10 heteroatoms. The van der Waals surface area contributed by atoms with Gasteiger partial charge in [-0.1, -0.05) is 32.9 Å². The molecule has 0 saturated heterocycles. The Morgan fingerprint density at radius 2 is 1.65 bits per heavy atom. The Labute approximate surface area is 241 Å². The zero-order chi connectivity index (χ0) is 29.7. The molecule has 0 aliphatic carbocycles. The average molecular weight is 594 g/mol. The van der Waals surface area contributed by atoms with Gasteiger partial charge in [0.2, 0.25) is 0 Å². The van der Waals surface area contributed by atoms with Gasteiger partial charge in [-0.15, -0.1) is 23.1 Å². The van der Waals surface area contributed by atoms with Crippen molar-refractivity contribution in [3.05, 3.63) is 75.0 Å².